The Hall–Kier alpha value is -2.03. The first-order chi connectivity index (χ1) is 7.63. The molecule has 0 amide bonds. The highest BCUT2D eigenvalue weighted by Gasteiger charge is 2.18. The number of aromatic nitrogens is 2. The van der Waals surface area contributed by atoms with Gasteiger partial charge in [0.05, 0.1) is 24.6 Å². The zero-order chi connectivity index (χ0) is 12.1. The van der Waals surface area contributed by atoms with E-state index in [9.17, 15) is 4.79 Å². The monoisotopic (exact) mass is 222 g/mol. The second-order valence-corrected chi connectivity index (χ2v) is 3.19. The van der Waals surface area contributed by atoms with Crippen LogP contribution >= 0.6 is 0 Å². The minimum Gasteiger partial charge on any atom is -0.461 e. The van der Waals surface area contributed by atoms with Crippen LogP contribution in [-0.4, -0.2) is 22.4 Å². The summed E-state index contributed by atoms with van der Waals surface area (Å²) in [6.45, 7) is 3.82. The van der Waals surface area contributed by atoms with Crippen LogP contribution in [0.3, 0.4) is 0 Å². The molecule has 6 nitrogen and oxygen atoms in total. The topological polar surface area (TPSA) is 93.9 Å². The summed E-state index contributed by atoms with van der Waals surface area (Å²) >= 11 is 0. The summed E-state index contributed by atoms with van der Waals surface area (Å²) in [6, 6.07) is 1.66. The predicted octanol–water partition coefficient (Wildman–Crippen LogP) is 1.12. The molecule has 1 heterocycles. The number of ether oxygens (including phenoxy) is 1. The zero-order valence-electron chi connectivity index (χ0n) is 9.30. The maximum atomic E-state index is 11.4. The van der Waals surface area contributed by atoms with Crippen molar-refractivity contribution in [3.05, 3.63) is 11.9 Å². The minimum absolute atomic E-state index is 0.0653. The summed E-state index contributed by atoms with van der Waals surface area (Å²) in [5.41, 5.74) is 5.92. The molecule has 0 aromatic carbocycles. The number of hydrogen-bond donors (Lipinski definition) is 1. The van der Waals surface area contributed by atoms with E-state index in [0.29, 0.717) is 6.42 Å². The lowest BCUT2D eigenvalue weighted by Gasteiger charge is -2.04. The first-order valence-electron chi connectivity index (χ1n) is 5.05. The summed E-state index contributed by atoms with van der Waals surface area (Å²) in [7, 11) is 0. The molecule has 2 N–H and O–H groups in total. The first kappa shape index (κ1) is 12.0. The van der Waals surface area contributed by atoms with Gasteiger partial charge >= 0.3 is 5.97 Å². The fourth-order valence-corrected chi connectivity index (χ4v) is 1.26. The van der Waals surface area contributed by atoms with E-state index >= 15 is 0 Å². The Morgan fingerprint density at radius 3 is 2.94 bits per heavy atom. The van der Waals surface area contributed by atoms with Gasteiger partial charge in [-0.15, -0.1) is 0 Å². The van der Waals surface area contributed by atoms with Crippen LogP contribution in [-0.2, 0) is 4.74 Å². The molecule has 1 rings (SSSR count). The molecule has 1 aromatic rings. The molecule has 0 aliphatic carbocycles. The summed E-state index contributed by atoms with van der Waals surface area (Å²) in [5.74, 6) is -0.563. The van der Waals surface area contributed by atoms with Crippen molar-refractivity contribution in [2.45, 2.75) is 26.3 Å². The maximum Gasteiger partial charge on any atom is 0.361 e. The molecule has 1 aromatic heterocycles. The fourth-order valence-electron chi connectivity index (χ4n) is 1.26. The highest BCUT2D eigenvalue weighted by Crippen LogP contribution is 2.16. The van der Waals surface area contributed by atoms with Gasteiger partial charge in [-0.2, -0.15) is 10.4 Å². The molecule has 1 unspecified atom stereocenters. The third kappa shape index (κ3) is 2.31. The van der Waals surface area contributed by atoms with Crippen molar-refractivity contribution in [1.82, 2.24) is 9.78 Å². The second-order valence-electron chi connectivity index (χ2n) is 3.19. The highest BCUT2D eigenvalue weighted by atomic mass is 16.5. The molecule has 86 valence electrons. The number of nitrogens with zero attached hydrogens (tertiary/aromatic N) is 3. The van der Waals surface area contributed by atoms with Crippen LogP contribution in [0.5, 0.6) is 0 Å². The standard InChI is InChI=1S/C10H14N4O2/c1-3-7(5-11)14-6-8(12)9(13-14)10(15)16-4-2/h6-7H,3-4,12H2,1-2H3. The van der Waals surface area contributed by atoms with Crippen LogP contribution < -0.4 is 5.73 Å². The molecule has 6 heteroatoms. The first-order valence-corrected chi connectivity index (χ1v) is 5.05. The number of nitrogen functional groups attached to an aromatic ring is 1. The van der Waals surface area contributed by atoms with Crippen LogP contribution in [0.15, 0.2) is 6.20 Å². The van der Waals surface area contributed by atoms with Crippen LogP contribution in [0.4, 0.5) is 5.69 Å². The molecule has 0 saturated heterocycles. The number of carbonyl (C=O) groups excluding carboxylic acids is 1. The summed E-state index contributed by atoms with van der Waals surface area (Å²) < 4.78 is 6.18. The molecule has 0 fully saturated rings. The van der Waals surface area contributed by atoms with Gasteiger partial charge in [0, 0.05) is 0 Å². The lowest BCUT2D eigenvalue weighted by atomic mass is 10.2. The summed E-state index contributed by atoms with van der Waals surface area (Å²) in [4.78, 5) is 11.4. The molecular formula is C10H14N4O2. The molecule has 0 bridgehead atoms. The lowest BCUT2D eigenvalue weighted by Crippen LogP contribution is -2.10. The van der Waals surface area contributed by atoms with Crippen molar-refractivity contribution in [3.63, 3.8) is 0 Å². The summed E-state index contributed by atoms with van der Waals surface area (Å²) in [5, 5.41) is 12.8. The van der Waals surface area contributed by atoms with Crippen molar-refractivity contribution in [2.24, 2.45) is 0 Å². The Morgan fingerprint density at radius 1 is 1.75 bits per heavy atom. The lowest BCUT2D eigenvalue weighted by molar-refractivity contribution is 0.0519. The minimum atomic E-state index is -0.563. The number of carbonyl (C=O) groups is 1. The predicted molar refractivity (Wildman–Crippen MR) is 57.5 cm³/mol. The Morgan fingerprint density at radius 2 is 2.44 bits per heavy atom. The molecule has 0 spiro atoms. The largest absolute Gasteiger partial charge is 0.461 e. The van der Waals surface area contributed by atoms with E-state index in [1.165, 1.54) is 10.9 Å². The van der Waals surface area contributed by atoms with E-state index in [1.54, 1.807) is 6.92 Å². The van der Waals surface area contributed by atoms with Gasteiger partial charge in [-0.25, -0.2) is 4.79 Å². The third-order valence-electron chi connectivity index (χ3n) is 2.08. The number of rotatable bonds is 4. The van der Waals surface area contributed by atoms with Gasteiger partial charge in [-0.05, 0) is 13.3 Å². The quantitative estimate of drug-likeness (QED) is 0.770. The van der Waals surface area contributed by atoms with Gasteiger partial charge in [-0.3, -0.25) is 4.68 Å². The Labute approximate surface area is 93.6 Å². The molecule has 0 aliphatic heterocycles. The second kappa shape index (κ2) is 5.16. The smallest absolute Gasteiger partial charge is 0.361 e. The van der Waals surface area contributed by atoms with Crippen molar-refractivity contribution < 1.29 is 9.53 Å². The summed E-state index contributed by atoms with van der Waals surface area (Å²) in [6.07, 6.45) is 2.07. The van der Waals surface area contributed by atoms with Crippen molar-refractivity contribution in [2.75, 3.05) is 12.3 Å². The van der Waals surface area contributed by atoms with Gasteiger partial charge in [0.1, 0.15) is 6.04 Å². The average molecular weight is 222 g/mol. The average Bonchev–Trinajstić information content (AvgIpc) is 2.63. The van der Waals surface area contributed by atoms with Crippen molar-refractivity contribution >= 4 is 11.7 Å². The molecular weight excluding hydrogens is 208 g/mol. The van der Waals surface area contributed by atoms with Gasteiger partial charge < -0.3 is 10.5 Å². The van der Waals surface area contributed by atoms with E-state index in [4.69, 9.17) is 15.7 Å². The van der Waals surface area contributed by atoms with Gasteiger partial charge in [-0.1, -0.05) is 6.92 Å². The molecule has 0 radical (unpaired) electrons. The van der Waals surface area contributed by atoms with Crippen LogP contribution in [0.2, 0.25) is 0 Å². The molecule has 16 heavy (non-hydrogen) atoms. The Balaban J connectivity index is 2.98. The van der Waals surface area contributed by atoms with Crippen molar-refractivity contribution in [1.29, 1.82) is 5.26 Å². The Kier molecular flexibility index (Phi) is 3.89. The van der Waals surface area contributed by atoms with Gasteiger partial charge in [0.2, 0.25) is 0 Å². The fraction of sp³-hybridized carbons (Fsp3) is 0.500. The number of anilines is 1. The van der Waals surface area contributed by atoms with Gasteiger partial charge in [0.25, 0.3) is 0 Å². The van der Waals surface area contributed by atoms with Crippen LogP contribution in [0, 0.1) is 11.3 Å². The van der Waals surface area contributed by atoms with Crippen LogP contribution in [0.25, 0.3) is 0 Å². The normalized spacial score (nSPS) is 11.8. The molecule has 0 saturated carbocycles. The van der Waals surface area contributed by atoms with E-state index in [-0.39, 0.29) is 18.0 Å². The van der Waals surface area contributed by atoms with E-state index < -0.39 is 12.0 Å². The maximum absolute atomic E-state index is 11.4. The number of nitriles is 1. The van der Waals surface area contributed by atoms with Crippen molar-refractivity contribution in [3.8, 4) is 6.07 Å². The molecule has 0 aliphatic rings. The van der Waals surface area contributed by atoms with E-state index in [0.717, 1.165) is 0 Å². The SMILES string of the molecule is CCOC(=O)c1nn(C(C#N)CC)cc1N. The molecule has 1 atom stereocenters. The number of hydrogen-bond acceptors (Lipinski definition) is 5. The third-order valence-corrected chi connectivity index (χ3v) is 2.08. The van der Waals surface area contributed by atoms with Crippen LogP contribution in [0.1, 0.15) is 36.8 Å². The van der Waals surface area contributed by atoms with E-state index in [2.05, 4.69) is 11.2 Å². The zero-order valence-corrected chi connectivity index (χ0v) is 9.30. The Bertz CT molecular complexity index is 419. The number of esters is 1. The van der Waals surface area contributed by atoms with Gasteiger partial charge in [0.15, 0.2) is 5.69 Å². The highest BCUT2D eigenvalue weighted by molar-refractivity contribution is 5.92. The van der Waals surface area contributed by atoms with E-state index in [1.807, 2.05) is 6.92 Å². The number of nitrogens with two attached hydrogens (primary N) is 1.